The van der Waals surface area contributed by atoms with Crippen LogP contribution in [0.4, 0.5) is 5.69 Å². The summed E-state index contributed by atoms with van der Waals surface area (Å²) in [6.07, 6.45) is 5.94. The van der Waals surface area contributed by atoms with Crippen LogP contribution in [0.1, 0.15) is 29.4 Å². The van der Waals surface area contributed by atoms with Crippen molar-refractivity contribution in [1.29, 1.82) is 0 Å². The van der Waals surface area contributed by atoms with Crippen LogP contribution < -0.4 is 10.6 Å². The van der Waals surface area contributed by atoms with E-state index in [1.165, 1.54) is 0 Å². The van der Waals surface area contributed by atoms with Crippen LogP contribution >= 0.6 is 0 Å². The van der Waals surface area contributed by atoms with Crippen LogP contribution in [0.5, 0.6) is 0 Å². The molecule has 0 bridgehead atoms. The largest absolute Gasteiger partial charge is 0.346 e. The Balaban J connectivity index is 1.34. The highest BCUT2D eigenvalue weighted by molar-refractivity contribution is 5.98. The van der Waals surface area contributed by atoms with Gasteiger partial charge in [0.05, 0.1) is 18.3 Å². The number of nitrogens with one attached hydrogen (secondary N) is 3. The van der Waals surface area contributed by atoms with Gasteiger partial charge in [-0.25, -0.2) is 9.50 Å². The fourth-order valence-electron chi connectivity index (χ4n) is 3.79. The molecule has 3 N–H and O–H groups in total. The third kappa shape index (κ3) is 4.06. The first kappa shape index (κ1) is 20.4. The summed E-state index contributed by atoms with van der Waals surface area (Å²) in [5, 5.41) is 11.1. The molecule has 8 heteroatoms. The number of nitrogens with zero attached hydrogens (tertiary/aromatic N) is 3. The maximum atomic E-state index is 12.6. The predicted molar refractivity (Wildman–Crippen MR) is 127 cm³/mol. The van der Waals surface area contributed by atoms with Crippen LogP contribution in [-0.4, -0.2) is 31.4 Å². The van der Waals surface area contributed by atoms with Crippen molar-refractivity contribution in [2.45, 2.75) is 19.9 Å². The highest BCUT2D eigenvalue weighted by Gasteiger charge is 2.13. The molecule has 0 fully saturated rings. The quantitative estimate of drug-likeness (QED) is 0.370. The summed E-state index contributed by atoms with van der Waals surface area (Å²) in [6, 6.07) is 16.8. The Kier molecular flexibility index (Phi) is 5.32. The standard InChI is InChI=1S/C25H22N6O2/c1-2-23(32)29-17-8-6-16(7-9-17)25(33)27-14-18-13-20-19(10-11-26-24(20)30-18)21-15-28-31-12-4-3-5-22(21)31/h3-13,15H,2,14H2,1H3,(H,26,30)(H,27,33)(H,29,32). The highest BCUT2D eigenvalue weighted by Crippen LogP contribution is 2.31. The average Bonchev–Trinajstić information content (AvgIpc) is 3.47. The molecule has 0 unspecified atom stereocenters. The molecular formula is C25H22N6O2. The Morgan fingerprint density at radius 2 is 1.91 bits per heavy atom. The molecule has 4 heterocycles. The minimum absolute atomic E-state index is 0.0666. The number of hydrogen-bond acceptors (Lipinski definition) is 4. The number of carbonyl (C=O) groups is 2. The molecule has 0 aliphatic heterocycles. The number of fused-ring (bicyclic) bond motifs is 2. The molecule has 0 radical (unpaired) electrons. The second-order valence-corrected chi connectivity index (χ2v) is 7.67. The van der Waals surface area contributed by atoms with E-state index in [0.717, 1.165) is 33.4 Å². The Labute approximate surface area is 189 Å². The van der Waals surface area contributed by atoms with E-state index in [9.17, 15) is 9.59 Å². The minimum atomic E-state index is -0.196. The van der Waals surface area contributed by atoms with Crippen molar-refractivity contribution in [2.24, 2.45) is 0 Å². The number of aromatic nitrogens is 4. The molecule has 0 atom stereocenters. The molecule has 2 amide bonds. The molecule has 8 nitrogen and oxygen atoms in total. The minimum Gasteiger partial charge on any atom is -0.346 e. The first-order valence-electron chi connectivity index (χ1n) is 10.7. The molecule has 5 rings (SSSR count). The lowest BCUT2D eigenvalue weighted by atomic mass is 10.1. The van der Waals surface area contributed by atoms with Crippen LogP contribution in [0, 0.1) is 0 Å². The molecule has 0 saturated heterocycles. The fraction of sp³-hybridized carbons (Fsp3) is 0.120. The molecular weight excluding hydrogens is 416 g/mol. The van der Waals surface area contributed by atoms with Gasteiger partial charge in [-0.05, 0) is 54.1 Å². The highest BCUT2D eigenvalue weighted by atomic mass is 16.2. The number of rotatable bonds is 6. The smallest absolute Gasteiger partial charge is 0.251 e. The maximum Gasteiger partial charge on any atom is 0.251 e. The molecule has 4 aromatic heterocycles. The van der Waals surface area contributed by atoms with Gasteiger partial charge in [0.25, 0.3) is 5.91 Å². The summed E-state index contributed by atoms with van der Waals surface area (Å²) >= 11 is 0. The first-order chi connectivity index (χ1) is 16.1. The molecule has 0 aliphatic rings. The van der Waals surface area contributed by atoms with E-state index in [2.05, 4.69) is 25.7 Å². The average molecular weight is 438 g/mol. The van der Waals surface area contributed by atoms with Gasteiger partial charge in [0.1, 0.15) is 5.65 Å². The Hall–Kier alpha value is -4.46. The molecule has 5 aromatic rings. The van der Waals surface area contributed by atoms with E-state index in [0.29, 0.717) is 24.2 Å². The van der Waals surface area contributed by atoms with Crippen molar-refractivity contribution < 1.29 is 9.59 Å². The lowest BCUT2D eigenvalue weighted by Crippen LogP contribution is -2.22. The summed E-state index contributed by atoms with van der Waals surface area (Å²) in [6.45, 7) is 2.12. The zero-order chi connectivity index (χ0) is 22.8. The zero-order valence-electron chi connectivity index (χ0n) is 18.0. The number of H-pyrrole nitrogens is 1. The molecule has 0 saturated carbocycles. The zero-order valence-corrected chi connectivity index (χ0v) is 18.0. The number of anilines is 1. The maximum absolute atomic E-state index is 12.6. The van der Waals surface area contributed by atoms with Crippen LogP contribution in [0.15, 0.2) is 73.2 Å². The summed E-state index contributed by atoms with van der Waals surface area (Å²) < 4.78 is 1.84. The lowest BCUT2D eigenvalue weighted by Gasteiger charge is -2.06. The van der Waals surface area contributed by atoms with Gasteiger partial charge in [-0.2, -0.15) is 5.10 Å². The van der Waals surface area contributed by atoms with E-state index < -0.39 is 0 Å². The monoisotopic (exact) mass is 438 g/mol. The Morgan fingerprint density at radius 1 is 1.06 bits per heavy atom. The van der Waals surface area contributed by atoms with Gasteiger partial charge in [0.15, 0.2) is 0 Å². The van der Waals surface area contributed by atoms with Crippen LogP contribution in [0.3, 0.4) is 0 Å². The van der Waals surface area contributed by atoms with Crippen molar-refractivity contribution in [3.8, 4) is 11.1 Å². The second kappa shape index (κ2) is 8.58. The second-order valence-electron chi connectivity index (χ2n) is 7.67. The van der Waals surface area contributed by atoms with Crippen LogP contribution in [0.2, 0.25) is 0 Å². The lowest BCUT2D eigenvalue weighted by molar-refractivity contribution is -0.115. The predicted octanol–water partition coefficient (Wildman–Crippen LogP) is 4.16. The normalized spacial score (nSPS) is 11.1. The van der Waals surface area contributed by atoms with Crippen molar-refractivity contribution in [1.82, 2.24) is 24.9 Å². The van der Waals surface area contributed by atoms with Crippen molar-refractivity contribution in [2.75, 3.05) is 5.32 Å². The molecule has 33 heavy (non-hydrogen) atoms. The number of carbonyl (C=O) groups excluding carboxylic acids is 2. The van der Waals surface area contributed by atoms with Crippen LogP contribution in [-0.2, 0) is 11.3 Å². The molecule has 0 spiro atoms. The van der Waals surface area contributed by atoms with E-state index in [1.807, 2.05) is 47.2 Å². The van der Waals surface area contributed by atoms with Crippen molar-refractivity contribution in [3.05, 3.63) is 84.4 Å². The Morgan fingerprint density at radius 3 is 2.73 bits per heavy atom. The van der Waals surface area contributed by atoms with E-state index in [-0.39, 0.29) is 11.8 Å². The number of aromatic amines is 1. The van der Waals surface area contributed by atoms with Gasteiger partial charge in [0.2, 0.25) is 5.91 Å². The third-order valence-corrected chi connectivity index (χ3v) is 5.50. The number of hydrogen-bond donors (Lipinski definition) is 3. The molecule has 0 aliphatic carbocycles. The molecule has 164 valence electrons. The number of amides is 2. The van der Waals surface area contributed by atoms with Gasteiger partial charge in [-0.1, -0.05) is 13.0 Å². The third-order valence-electron chi connectivity index (χ3n) is 5.50. The van der Waals surface area contributed by atoms with Gasteiger partial charge in [0, 0.05) is 46.7 Å². The topological polar surface area (TPSA) is 104 Å². The summed E-state index contributed by atoms with van der Waals surface area (Å²) in [5.41, 5.74) is 5.85. The van der Waals surface area contributed by atoms with Gasteiger partial charge >= 0.3 is 0 Å². The van der Waals surface area contributed by atoms with Gasteiger partial charge < -0.3 is 15.6 Å². The summed E-state index contributed by atoms with van der Waals surface area (Å²) in [4.78, 5) is 31.8. The van der Waals surface area contributed by atoms with Gasteiger partial charge in [-0.3, -0.25) is 9.59 Å². The van der Waals surface area contributed by atoms with Gasteiger partial charge in [-0.15, -0.1) is 0 Å². The number of benzene rings is 1. The van der Waals surface area contributed by atoms with Crippen molar-refractivity contribution in [3.63, 3.8) is 0 Å². The fourth-order valence-corrected chi connectivity index (χ4v) is 3.79. The van der Waals surface area contributed by atoms with E-state index >= 15 is 0 Å². The van der Waals surface area contributed by atoms with E-state index in [1.54, 1.807) is 37.4 Å². The van der Waals surface area contributed by atoms with Crippen LogP contribution in [0.25, 0.3) is 27.7 Å². The van der Waals surface area contributed by atoms with E-state index in [4.69, 9.17) is 0 Å². The summed E-state index contributed by atoms with van der Waals surface area (Å²) in [5.74, 6) is -0.263. The van der Waals surface area contributed by atoms with Crippen molar-refractivity contribution >= 4 is 34.1 Å². The SMILES string of the molecule is CCC(=O)Nc1ccc(C(=O)NCc2cc3c(-c4cnn5ccccc45)ccnc3[nH]2)cc1. The number of pyridine rings is 2. The molecule has 1 aromatic carbocycles. The Bertz CT molecular complexity index is 1470. The first-order valence-corrected chi connectivity index (χ1v) is 10.7. The summed E-state index contributed by atoms with van der Waals surface area (Å²) in [7, 11) is 0.